The van der Waals surface area contributed by atoms with Gasteiger partial charge in [0.25, 0.3) is 0 Å². The van der Waals surface area contributed by atoms with E-state index in [2.05, 4.69) is 5.32 Å². The van der Waals surface area contributed by atoms with Crippen molar-refractivity contribution in [3.63, 3.8) is 0 Å². The van der Waals surface area contributed by atoms with Crippen molar-refractivity contribution in [3.8, 4) is 0 Å². The van der Waals surface area contributed by atoms with Crippen molar-refractivity contribution in [3.05, 3.63) is 0 Å². The molecule has 0 aromatic heterocycles. The molecule has 0 heterocycles. The van der Waals surface area contributed by atoms with Crippen LogP contribution in [0.15, 0.2) is 0 Å². The van der Waals surface area contributed by atoms with Gasteiger partial charge in [0.05, 0.1) is 12.0 Å². The second kappa shape index (κ2) is 5.98. The maximum atomic E-state index is 10.8. The summed E-state index contributed by atoms with van der Waals surface area (Å²) in [5.41, 5.74) is -0.722. The van der Waals surface area contributed by atoms with Crippen LogP contribution in [0.25, 0.3) is 0 Å². The highest BCUT2D eigenvalue weighted by Gasteiger charge is 2.26. The fourth-order valence-electron chi connectivity index (χ4n) is 0.859. The van der Waals surface area contributed by atoms with Gasteiger partial charge in [-0.2, -0.15) is 0 Å². The first kappa shape index (κ1) is 13.4. The van der Waals surface area contributed by atoms with E-state index in [0.717, 1.165) is 0 Å². The van der Waals surface area contributed by atoms with E-state index in [1.54, 1.807) is 13.8 Å². The van der Waals surface area contributed by atoms with Crippen molar-refractivity contribution >= 4 is 5.97 Å². The van der Waals surface area contributed by atoms with Crippen LogP contribution in [0.2, 0.25) is 0 Å². The molecule has 0 aliphatic rings. The number of carboxylic acid groups (broad SMARTS) is 1. The van der Waals surface area contributed by atoms with Gasteiger partial charge in [-0.15, -0.1) is 0 Å². The van der Waals surface area contributed by atoms with Crippen molar-refractivity contribution in [1.29, 1.82) is 0 Å². The van der Waals surface area contributed by atoms with Crippen molar-refractivity contribution in [1.82, 2.24) is 5.32 Å². The van der Waals surface area contributed by atoms with E-state index in [9.17, 15) is 4.79 Å². The maximum Gasteiger partial charge on any atom is 0.310 e. The molecule has 2 N–H and O–H groups in total. The summed E-state index contributed by atoms with van der Waals surface area (Å²) in [7, 11) is 0. The Bertz CT molecular complexity index is 180. The molecule has 0 aromatic carbocycles. The molecule has 14 heavy (non-hydrogen) atoms. The molecule has 0 aromatic rings. The fourth-order valence-corrected chi connectivity index (χ4v) is 0.859. The van der Waals surface area contributed by atoms with E-state index in [4.69, 9.17) is 9.84 Å². The molecule has 0 radical (unpaired) electrons. The lowest BCUT2D eigenvalue weighted by Gasteiger charge is -2.22. The maximum absolute atomic E-state index is 10.8. The van der Waals surface area contributed by atoms with Crippen molar-refractivity contribution in [2.24, 2.45) is 5.41 Å². The lowest BCUT2D eigenvalue weighted by molar-refractivity contribution is -0.146. The number of hydrogen-bond acceptors (Lipinski definition) is 3. The number of nitrogens with one attached hydrogen (secondary N) is 1. The minimum atomic E-state index is -0.784. The summed E-state index contributed by atoms with van der Waals surface area (Å²) in [4.78, 5) is 10.8. The minimum Gasteiger partial charge on any atom is -0.481 e. The highest BCUT2D eigenvalue weighted by Crippen LogP contribution is 2.13. The quantitative estimate of drug-likeness (QED) is 0.651. The molecule has 0 saturated carbocycles. The third kappa shape index (κ3) is 5.19. The molecule has 0 aliphatic heterocycles. The molecular weight excluding hydrogens is 182 g/mol. The summed E-state index contributed by atoms with van der Waals surface area (Å²) in [5, 5.41) is 12.0. The largest absolute Gasteiger partial charge is 0.481 e. The second-order valence-corrected chi connectivity index (χ2v) is 4.13. The molecule has 84 valence electrons. The Kier molecular flexibility index (Phi) is 5.72. The summed E-state index contributed by atoms with van der Waals surface area (Å²) in [5.74, 6) is -0.784. The molecule has 0 aliphatic carbocycles. The Morgan fingerprint density at radius 2 is 2.14 bits per heavy atom. The van der Waals surface area contributed by atoms with Crippen LogP contribution in [-0.2, 0) is 9.53 Å². The van der Waals surface area contributed by atoms with Gasteiger partial charge in [0, 0.05) is 19.2 Å². The van der Waals surface area contributed by atoms with Crippen LogP contribution in [-0.4, -0.2) is 36.9 Å². The SMILES string of the molecule is CCOCC(C)NCC(C)(C)C(=O)O. The lowest BCUT2D eigenvalue weighted by atomic mass is 9.93. The fraction of sp³-hybridized carbons (Fsp3) is 0.900. The Labute approximate surface area is 85.6 Å². The zero-order valence-electron chi connectivity index (χ0n) is 9.46. The van der Waals surface area contributed by atoms with E-state index in [-0.39, 0.29) is 6.04 Å². The summed E-state index contributed by atoms with van der Waals surface area (Å²) >= 11 is 0. The summed E-state index contributed by atoms with van der Waals surface area (Å²) < 4.78 is 5.21. The number of ether oxygens (including phenoxy) is 1. The van der Waals surface area contributed by atoms with Crippen LogP contribution in [0.1, 0.15) is 27.7 Å². The molecule has 0 fully saturated rings. The molecule has 0 rings (SSSR count). The van der Waals surface area contributed by atoms with Gasteiger partial charge in [0.2, 0.25) is 0 Å². The lowest BCUT2D eigenvalue weighted by Crippen LogP contribution is -2.41. The highest BCUT2D eigenvalue weighted by atomic mass is 16.5. The summed E-state index contributed by atoms with van der Waals surface area (Å²) in [6.45, 7) is 9.09. The zero-order valence-corrected chi connectivity index (χ0v) is 9.46. The van der Waals surface area contributed by atoms with Gasteiger partial charge in [-0.25, -0.2) is 0 Å². The first-order valence-electron chi connectivity index (χ1n) is 4.94. The molecule has 0 spiro atoms. The molecule has 4 heteroatoms. The Morgan fingerprint density at radius 3 is 2.57 bits per heavy atom. The number of aliphatic carboxylic acids is 1. The predicted octanol–water partition coefficient (Wildman–Crippen LogP) is 1.11. The van der Waals surface area contributed by atoms with Crippen molar-refractivity contribution < 1.29 is 14.6 Å². The van der Waals surface area contributed by atoms with Gasteiger partial charge in [-0.05, 0) is 27.7 Å². The van der Waals surface area contributed by atoms with Gasteiger partial charge in [-0.3, -0.25) is 4.79 Å². The van der Waals surface area contributed by atoms with Crippen molar-refractivity contribution in [2.45, 2.75) is 33.7 Å². The van der Waals surface area contributed by atoms with Gasteiger partial charge in [-0.1, -0.05) is 0 Å². The van der Waals surface area contributed by atoms with Crippen LogP contribution < -0.4 is 5.32 Å². The molecule has 1 unspecified atom stereocenters. The van der Waals surface area contributed by atoms with E-state index in [1.165, 1.54) is 0 Å². The molecule has 4 nitrogen and oxygen atoms in total. The summed E-state index contributed by atoms with van der Waals surface area (Å²) in [6.07, 6.45) is 0. The van der Waals surface area contributed by atoms with Gasteiger partial charge < -0.3 is 15.2 Å². The monoisotopic (exact) mass is 203 g/mol. The van der Waals surface area contributed by atoms with Crippen LogP contribution in [0, 0.1) is 5.41 Å². The van der Waals surface area contributed by atoms with E-state index < -0.39 is 11.4 Å². The average molecular weight is 203 g/mol. The number of hydrogen-bond donors (Lipinski definition) is 2. The highest BCUT2D eigenvalue weighted by molar-refractivity contribution is 5.73. The molecule has 0 saturated heterocycles. The van der Waals surface area contributed by atoms with Gasteiger partial charge in [0.15, 0.2) is 0 Å². The number of rotatable bonds is 7. The minimum absolute atomic E-state index is 0.188. The van der Waals surface area contributed by atoms with Gasteiger partial charge in [0.1, 0.15) is 0 Å². The van der Waals surface area contributed by atoms with Gasteiger partial charge >= 0.3 is 5.97 Å². The molecule has 1 atom stereocenters. The number of carboxylic acids is 1. The standard InChI is InChI=1S/C10H21NO3/c1-5-14-6-8(2)11-7-10(3,4)9(12)13/h8,11H,5-7H2,1-4H3,(H,12,13). The van der Waals surface area contributed by atoms with Crippen LogP contribution >= 0.6 is 0 Å². The molecule has 0 bridgehead atoms. The topological polar surface area (TPSA) is 58.6 Å². The molecule has 0 amide bonds. The predicted molar refractivity (Wildman–Crippen MR) is 55.4 cm³/mol. The van der Waals surface area contributed by atoms with Crippen molar-refractivity contribution in [2.75, 3.05) is 19.8 Å². The van der Waals surface area contributed by atoms with Crippen LogP contribution in [0.5, 0.6) is 0 Å². The van der Waals surface area contributed by atoms with E-state index >= 15 is 0 Å². The summed E-state index contributed by atoms with van der Waals surface area (Å²) in [6, 6.07) is 0.188. The van der Waals surface area contributed by atoms with Crippen LogP contribution in [0.4, 0.5) is 0 Å². The Balaban J connectivity index is 3.75. The zero-order chi connectivity index (χ0) is 11.2. The van der Waals surface area contributed by atoms with E-state index in [0.29, 0.717) is 19.8 Å². The third-order valence-electron chi connectivity index (χ3n) is 2.04. The smallest absolute Gasteiger partial charge is 0.310 e. The first-order valence-corrected chi connectivity index (χ1v) is 4.94. The molecular formula is C10H21NO3. The van der Waals surface area contributed by atoms with Crippen LogP contribution in [0.3, 0.4) is 0 Å². The number of carbonyl (C=O) groups is 1. The second-order valence-electron chi connectivity index (χ2n) is 4.13. The Hall–Kier alpha value is -0.610. The average Bonchev–Trinajstić information content (AvgIpc) is 2.11. The third-order valence-corrected chi connectivity index (χ3v) is 2.04. The van der Waals surface area contributed by atoms with E-state index in [1.807, 2.05) is 13.8 Å². The Morgan fingerprint density at radius 1 is 1.57 bits per heavy atom. The normalized spacial score (nSPS) is 14.0. The first-order chi connectivity index (χ1) is 6.40.